The molecule has 1 aromatic carbocycles. The van der Waals surface area contributed by atoms with E-state index in [1.165, 1.54) is 17.5 Å². The van der Waals surface area contributed by atoms with E-state index in [1.54, 1.807) is 6.26 Å². The summed E-state index contributed by atoms with van der Waals surface area (Å²) in [5.41, 5.74) is 2.51. The first-order chi connectivity index (χ1) is 6.84. The van der Waals surface area contributed by atoms with Crippen LogP contribution in [0, 0.1) is 6.92 Å². The lowest BCUT2D eigenvalue weighted by Crippen LogP contribution is -1.85. The van der Waals surface area contributed by atoms with Crippen LogP contribution in [0.4, 0.5) is 0 Å². The second-order valence-corrected chi connectivity index (χ2v) is 3.38. The highest BCUT2D eigenvalue weighted by Crippen LogP contribution is 2.08. The lowest BCUT2D eigenvalue weighted by molar-refractivity contribution is 0.246. The lowest BCUT2D eigenvalue weighted by Gasteiger charge is -2.00. The molecule has 0 bridgehead atoms. The van der Waals surface area contributed by atoms with Crippen molar-refractivity contribution < 1.29 is 4.74 Å². The lowest BCUT2D eigenvalue weighted by atomic mass is 10.1. The fourth-order valence-electron chi connectivity index (χ4n) is 1.19. The second kappa shape index (κ2) is 6.25. The van der Waals surface area contributed by atoms with E-state index in [2.05, 4.69) is 26.0 Å². The molecule has 0 amide bonds. The fourth-order valence-corrected chi connectivity index (χ4v) is 1.19. The van der Waals surface area contributed by atoms with E-state index in [9.17, 15) is 0 Å². The van der Waals surface area contributed by atoms with Crippen molar-refractivity contribution in [2.24, 2.45) is 0 Å². The molecule has 0 heterocycles. The molecule has 0 atom stereocenters. The molecule has 76 valence electrons. The Morgan fingerprint density at radius 2 is 2.07 bits per heavy atom. The average molecular weight is 190 g/mol. The van der Waals surface area contributed by atoms with Gasteiger partial charge in [0.1, 0.15) is 0 Å². The van der Waals surface area contributed by atoms with Crippen LogP contribution in [0.5, 0.6) is 0 Å². The predicted molar refractivity (Wildman–Crippen MR) is 61.1 cm³/mol. The third-order valence-electron chi connectivity index (χ3n) is 2.15. The summed E-state index contributed by atoms with van der Waals surface area (Å²) >= 11 is 0. The Labute approximate surface area is 86.4 Å². The molecule has 0 aliphatic heterocycles. The van der Waals surface area contributed by atoms with Crippen LogP contribution in [0.2, 0.25) is 0 Å². The van der Waals surface area contributed by atoms with E-state index < -0.39 is 0 Å². The zero-order chi connectivity index (χ0) is 10.2. The molecule has 1 rings (SSSR count). The molecule has 0 aliphatic rings. The summed E-state index contributed by atoms with van der Waals surface area (Å²) in [4.78, 5) is 0. The molecule has 0 saturated carbocycles. The SMILES string of the molecule is CCCCO/C=C/c1ccccc1C. The molecule has 0 N–H and O–H groups in total. The maximum absolute atomic E-state index is 5.35. The summed E-state index contributed by atoms with van der Waals surface area (Å²) in [5, 5.41) is 0. The van der Waals surface area contributed by atoms with Crippen molar-refractivity contribution in [2.45, 2.75) is 26.7 Å². The van der Waals surface area contributed by atoms with Crippen molar-refractivity contribution in [3.05, 3.63) is 41.7 Å². The zero-order valence-corrected chi connectivity index (χ0v) is 8.99. The number of hydrogen-bond acceptors (Lipinski definition) is 1. The molecule has 0 radical (unpaired) electrons. The number of ether oxygens (including phenoxy) is 1. The van der Waals surface area contributed by atoms with Gasteiger partial charge >= 0.3 is 0 Å². The van der Waals surface area contributed by atoms with Crippen LogP contribution in [-0.4, -0.2) is 6.61 Å². The van der Waals surface area contributed by atoms with Gasteiger partial charge in [0.25, 0.3) is 0 Å². The van der Waals surface area contributed by atoms with Crippen LogP contribution in [0.25, 0.3) is 6.08 Å². The van der Waals surface area contributed by atoms with Gasteiger partial charge in [-0.1, -0.05) is 37.6 Å². The normalized spacial score (nSPS) is 10.7. The van der Waals surface area contributed by atoms with Crippen LogP contribution in [0.15, 0.2) is 30.5 Å². The Kier molecular flexibility index (Phi) is 4.84. The third kappa shape index (κ3) is 3.65. The van der Waals surface area contributed by atoms with Crippen molar-refractivity contribution in [1.29, 1.82) is 0 Å². The van der Waals surface area contributed by atoms with Crippen molar-refractivity contribution in [3.63, 3.8) is 0 Å². The molecule has 0 unspecified atom stereocenters. The highest BCUT2D eigenvalue weighted by atomic mass is 16.5. The van der Waals surface area contributed by atoms with Gasteiger partial charge in [-0.15, -0.1) is 0 Å². The Morgan fingerprint density at radius 1 is 1.29 bits per heavy atom. The number of benzene rings is 1. The van der Waals surface area contributed by atoms with Gasteiger partial charge in [0.15, 0.2) is 0 Å². The van der Waals surface area contributed by atoms with E-state index >= 15 is 0 Å². The quantitative estimate of drug-likeness (QED) is 0.507. The van der Waals surface area contributed by atoms with Crippen LogP contribution in [-0.2, 0) is 4.74 Å². The van der Waals surface area contributed by atoms with Crippen LogP contribution < -0.4 is 0 Å². The first-order valence-corrected chi connectivity index (χ1v) is 5.18. The summed E-state index contributed by atoms with van der Waals surface area (Å²) in [5.74, 6) is 0. The summed E-state index contributed by atoms with van der Waals surface area (Å²) < 4.78 is 5.35. The van der Waals surface area contributed by atoms with Crippen LogP contribution >= 0.6 is 0 Å². The Morgan fingerprint density at radius 3 is 2.79 bits per heavy atom. The maximum Gasteiger partial charge on any atom is 0.0873 e. The van der Waals surface area contributed by atoms with Gasteiger partial charge in [-0.05, 0) is 30.5 Å². The highest BCUT2D eigenvalue weighted by Gasteiger charge is 1.90. The van der Waals surface area contributed by atoms with E-state index in [0.29, 0.717) is 0 Å². The Balaban J connectivity index is 2.40. The smallest absolute Gasteiger partial charge is 0.0873 e. The molecule has 1 heteroatoms. The largest absolute Gasteiger partial charge is 0.501 e. The molecule has 1 nitrogen and oxygen atoms in total. The number of rotatable bonds is 5. The van der Waals surface area contributed by atoms with Crippen molar-refractivity contribution in [3.8, 4) is 0 Å². The van der Waals surface area contributed by atoms with Gasteiger partial charge in [-0.25, -0.2) is 0 Å². The fraction of sp³-hybridized carbons (Fsp3) is 0.385. The summed E-state index contributed by atoms with van der Waals surface area (Å²) in [6.07, 6.45) is 6.11. The average Bonchev–Trinajstić information content (AvgIpc) is 2.20. The number of hydrogen-bond donors (Lipinski definition) is 0. The molecule has 1 aromatic rings. The Bertz CT molecular complexity index is 289. The first-order valence-electron chi connectivity index (χ1n) is 5.18. The van der Waals surface area contributed by atoms with Gasteiger partial charge < -0.3 is 4.74 Å². The number of unbranched alkanes of at least 4 members (excludes halogenated alkanes) is 1. The van der Waals surface area contributed by atoms with E-state index in [-0.39, 0.29) is 0 Å². The van der Waals surface area contributed by atoms with Gasteiger partial charge in [0, 0.05) is 0 Å². The molecule has 14 heavy (non-hydrogen) atoms. The second-order valence-electron chi connectivity index (χ2n) is 3.38. The predicted octanol–water partition coefficient (Wildman–Crippen LogP) is 3.78. The van der Waals surface area contributed by atoms with Crippen LogP contribution in [0.3, 0.4) is 0 Å². The highest BCUT2D eigenvalue weighted by molar-refractivity contribution is 5.52. The first kappa shape index (κ1) is 10.8. The molecular weight excluding hydrogens is 172 g/mol. The van der Waals surface area contributed by atoms with Gasteiger partial charge in [0.05, 0.1) is 12.9 Å². The van der Waals surface area contributed by atoms with Crippen LogP contribution in [0.1, 0.15) is 30.9 Å². The summed E-state index contributed by atoms with van der Waals surface area (Å²) in [6, 6.07) is 8.28. The topological polar surface area (TPSA) is 9.23 Å². The molecule has 0 fully saturated rings. The molecule has 0 saturated heterocycles. The van der Waals surface area contributed by atoms with Crippen molar-refractivity contribution in [2.75, 3.05) is 6.61 Å². The molecule has 0 aliphatic carbocycles. The van der Waals surface area contributed by atoms with E-state index in [4.69, 9.17) is 4.74 Å². The third-order valence-corrected chi connectivity index (χ3v) is 2.15. The van der Waals surface area contributed by atoms with Gasteiger partial charge in [0.2, 0.25) is 0 Å². The monoisotopic (exact) mass is 190 g/mol. The van der Waals surface area contributed by atoms with E-state index in [0.717, 1.165) is 13.0 Å². The standard InChI is InChI=1S/C13H18O/c1-3-4-10-14-11-9-13-8-6-5-7-12(13)2/h5-9,11H,3-4,10H2,1-2H3/b11-9+. The maximum atomic E-state index is 5.35. The summed E-state index contributed by atoms with van der Waals surface area (Å²) in [7, 11) is 0. The van der Waals surface area contributed by atoms with Gasteiger partial charge in [-0.2, -0.15) is 0 Å². The van der Waals surface area contributed by atoms with Gasteiger partial charge in [-0.3, -0.25) is 0 Å². The minimum absolute atomic E-state index is 0.818. The van der Waals surface area contributed by atoms with E-state index in [1.807, 2.05) is 18.2 Å². The Hall–Kier alpha value is -1.24. The van der Waals surface area contributed by atoms with Crippen molar-refractivity contribution in [1.82, 2.24) is 0 Å². The van der Waals surface area contributed by atoms with Crippen molar-refractivity contribution >= 4 is 6.08 Å². The number of aryl methyl sites for hydroxylation is 1. The molecule has 0 spiro atoms. The zero-order valence-electron chi connectivity index (χ0n) is 8.99. The minimum Gasteiger partial charge on any atom is -0.501 e. The minimum atomic E-state index is 0.818. The molecular formula is C13H18O. The summed E-state index contributed by atoms with van der Waals surface area (Å²) in [6.45, 7) is 5.08. The molecule has 0 aromatic heterocycles.